The first kappa shape index (κ1) is 26.2. The van der Waals surface area contributed by atoms with Crippen molar-refractivity contribution in [1.82, 2.24) is 9.80 Å². The third-order valence-corrected chi connectivity index (χ3v) is 5.59. The lowest BCUT2D eigenvalue weighted by Crippen LogP contribution is -2.32. The zero-order valence-corrected chi connectivity index (χ0v) is 20.7. The second-order valence-electron chi connectivity index (χ2n) is 8.46. The van der Waals surface area contributed by atoms with Gasteiger partial charge < -0.3 is 20.1 Å². The van der Waals surface area contributed by atoms with Gasteiger partial charge in [-0.05, 0) is 99.8 Å². The van der Waals surface area contributed by atoms with E-state index in [4.69, 9.17) is 21.4 Å². The summed E-state index contributed by atoms with van der Waals surface area (Å²) in [6.07, 6.45) is 0.907. The molecule has 0 bridgehead atoms. The Kier molecular flexibility index (Phi) is 9.66. The molecule has 0 aromatic heterocycles. The number of hydrogen-bond donors (Lipinski definition) is 2. The number of aromatic carboxylic acids is 1. The summed E-state index contributed by atoms with van der Waals surface area (Å²) in [5, 5.41) is 12.5. The lowest BCUT2D eigenvalue weighted by molar-refractivity contribution is -0.117. The Morgan fingerprint density at radius 1 is 0.857 bits per heavy atom. The Bertz CT molecular complexity index is 1100. The number of benzene rings is 3. The van der Waals surface area contributed by atoms with Gasteiger partial charge in [0.2, 0.25) is 5.91 Å². The molecule has 0 aliphatic rings. The molecular weight excluding hydrogens is 466 g/mol. The van der Waals surface area contributed by atoms with Crippen LogP contribution < -0.4 is 10.1 Å². The molecule has 3 aromatic rings. The molecule has 0 atom stereocenters. The summed E-state index contributed by atoms with van der Waals surface area (Å²) in [7, 11) is 3.95. The van der Waals surface area contributed by atoms with Crippen molar-refractivity contribution in [3.8, 4) is 11.5 Å². The lowest BCUT2D eigenvalue weighted by atomic mass is 10.1. The van der Waals surface area contributed by atoms with E-state index in [1.54, 1.807) is 60.7 Å². The number of ether oxygens (including phenoxy) is 1. The topological polar surface area (TPSA) is 82.1 Å². The van der Waals surface area contributed by atoms with E-state index in [1.165, 1.54) is 0 Å². The van der Waals surface area contributed by atoms with Crippen LogP contribution in [0.3, 0.4) is 0 Å². The molecule has 3 aromatic carbocycles. The van der Waals surface area contributed by atoms with Crippen LogP contribution >= 0.6 is 11.6 Å². The van der Waals surface area contributed by atoms with E-state index >= 15 is 0 Å². The molecular formula is C27H30ClN3O4. The number of rotatable bonds is 12. The summed E-state index contributed by atoms with van der Waals surface area (Å²) in [6.45, 7) is 2.68. The van der Waals surface area contributed by atoms with Gasteiger partial charge in [0.25, 0.3) is 0 Å². The minimum atomic E-state index is -0.919. The number of amides is 1. The summed E-state index contributed by atoms with van der Waals surface area (Å²) in [6, 6.07) is 21.3. The van der Waals surface area contributed by atoms with Gasteiger partial charge in [-0.15, -0.1) is 0 Å². The number of hydrogen-bond acceptors (Lipinski definition) is 5. The van der Waals surface area contributed by atoms with Crippen LogP contribution in [0, 0.1) is 0 Å². The van der Waals surface area contributed by atoms with Gasteiger partial charge in [0, 0.05) is 17.3 Å². The lowest BCUT2D eigenvalue weighted by Gasteiger charge is -2.20. The number of carboxylic acid groups (broad SMARTS) is 1. The normalized spacial score (nSPS) is 11.0. The smallest absolute Gasteiger partial charge is 0.335 e. The monoisotopic (exact) mass is 495 g/mol. The molecule has 35 heavy (non-hydrogen) atoms. The van der Waals surface area contributed by atoms with Gasteiger partial charge in [-0.1, -0.05) is 23.7 Å². The third kappa shape index (κ3) is 9.05. The summed E-state index contributed by atoms with van der Waals surface area (Å²) in [5.74, 6) is 0.363. The molecule has 7 nitrogen and oxygen atoms in total. The first-order valence-corrected chi connectivity index (χ1v) is 11.7. The van der Waals surface area contributed by atoms with Gasteiger partial charge in [0.15, 0.2) is 0 Å². The Hall–Kier alpha value is -3.39. The first-order chi connectivity index (χ1) is 16.8. The molecule has 3 rings (SSSR count). The SMILES string of the molecule is CN(CCCN(C)Cc1ccc(C(=O)O)cc1)CC(=O)Nc1ccc(Oc2ccc(Cl)cc2)cc1. The predicted molar refractivity (Wildman–Crippen MR) is 138 cm³/mol. The molecule has 0 saturated heterocycles. The number of halogens is 1. The number of anilines is 1. The summed E-state index contributed by atoms with van der Waals surface area (Å²) >= 11 is 5.89. The number of carbonyl (C=O) groups is 2. The number of carbonyl (C=O) groups excluding carboxylic acids is 1. The van der Waals surface area contributed by atoms with E-state index in [1.807, 2.05) is 31.1 Å². The Balaban J connectivity index is 1.35. The molecule has 0 unspecified atom stereocenters. The molecule has 8 heteroatoms. The van der Waals surface area contributed by atoms with Gasteiger partial charge in [-0.3, -0.25) is 9.69 Å². The van der Waals surface area contributed by atoms with E-state index in [0.717, 1.165) is 31.6 Å². The summed E-state index contributed by atoms with van der Waals surface area (Å²) < 4.78 is 5.77. The van der Waals surface area contributed by atoms with Crippen LogP contribution in [0.25, 0.3) is 0 Å². The van der Waals surface area contributed by atoms with Crippen molar-refractivity contribution in [2.45, 2.75) is 13.0 Å². The highest BCUT2D eigenvalue weighted by molar-refractivity contribution is 6.30. The van der Waals surface area contributed by atoms with E-state index in [9.17, 15) is 9.59 Å². The standard InChI is InChI=1S/C27H30ClN3O4/c1-30(18-20-4-6-21(7-5-20)27(33)34)16-3-17-31(2)19-26(32)29-23-10-14-25(15-11-23)35-24-12-8-22(28)9-13-24/h4-15H,3,16-19H2,1-2H3,(H,29,32)(H,33,34). The second kappa shape index (κ2) is 12.9. The summed E-state index contributed by atoms with van der Waals surface area (Å²) in [4.78, 5) is 27.5. The quantitative estimate of drug-likeness (QED) is 0.358. The molecule has 184 valence electrons. The van der Waals surface area contributed by atoms with Crippen LogP contribution in [0.1, 0.15) is 22.3 Å². The fourth-order valence-corrected chi connectivity index (χ4v) is 3.65. The van der Waals surface area contributed by atoms with E-state index in [2.05, 4.69) is 10.2 Å². The molecule has 0 saturated carbocycles. The number of nitrogens with zero attached hydrogens (tertiary/aromatic N) is 2. The van der Waals surface area contributed by atoms with Gasteiger partial charge in [-0.25, -0.2) is 4.79 Å². The van der Waals surface area contributed by atoms with Crippen molar-refractivity contribution >= 4 is 29.2 Å². The van der Waals surface area contributed by atoms with Crippen molar-refractivity contribution in [3.05, 3.63) is 88.9 Å². The van der Waals surface area contributed by atoms with Crippen molar-refractivity contribution < 1.29 is 19.4 Å². The molecule has 0 fully saturated rings. The molecule has 0 spiro atoms. The van der Waals surface area contributed by atoms with Crippen LogP contribution in [0.4, 0.5) is 5.69 Å². The van der Waals surface area contributed by atoms with E-state index in [-0.39, 0.29) is 5.91 Å². The van der Waals surface area contributed by atoms with Crippen molar-refractivity contribution in [2.75, 3.05) is 39.0 Å². The minimum Gasteiger partial charge on any atom is -0.478 e. The van der Waals surface area contributed by atoms with E-state index < -0.39 is 5.97 Å². The highest BCUT2D eigenvalue weighted by Crippen LogP contribution is 2.24. The Morgan fingerprint density at radius 3 is 2.03 bits per heavy atom. The third-order valence-electron chi connectivity index (χ3n) is 5.33. The molecule has 1 amide bonds. The maximum atomic E-state index is 12.4. The number of nitrogens with one attached hydrogen (secondary N) is 1. The second-order valence-corrected chi connectivity index (χ2v) is 8.90. The number of likely N-dealkylation sites (N-methyl/N-ethyl adjacent to an activating group) is 1. The van der Waals surface area contributed by atoms with Crippen molar-refractivity contribution in [2.24, 2.45) is 0 Å². The minimum absolute atomic E-state index is 0.0780. The summed E-state index contributed by atoms with van der Waals surface area (Å²) in [5.41, 5.74) is 2.06. The van der Waals surface area contributed by atoms with Crippen molar-refractivity contribution in [3.63, 3.8) is 0 Å². The number of carboxylic acids is 1. The van der Waals surface area contributed by atoms with E-state index in [0.29, 0.717) is 34.3 Å². The Labute approximate surface area is 210 Å². The molecule has 0 aliphatic heterocycles. The van der Waals surface area contributed by atoms with Crippen LogP contribution in [0.15, 0.2) is 72.8 Å². The molecule has 0 heterocycles. The van der Waals surface area contributed by atoms with Gasteiger partial charge in [-0.2, -0.15) is 0 Å². The Morgan fingerprint density at radius 2 is 1.43 bits per heavy atom. The van der Waals surface area contributed by atoms with Crippen LogP contribution in [-0.4, -0.2) is 60.5 Å². The van der Waals surface area contributed by atoms with Crippen LogP contribution in [-0.2, 0) is 11.3 Å². The fraction of sp³-hybridized carbons (Fsp3) is 0.259. The van der Waals surface area contributed by atoms with Crippen LogP contribution in [0.2, 0.25) is 5.02 Å². The highest BCUT2D eigenvalue weighted by atomic mass is 35.5. The van der Waals surface area contributed by atoms with Crippen molar-refractivity contribution in [1.29, 1.82) is 0 Å². The maximum Gasteiger partial charge on any atom is 0.335 e. The molecule has 0 aliphatic carbocycles. The van der Waals surface area contributed by atoms with Gasteiger partial charge in [0.1, 0.15) is 11.5 Å². The molecule has 0 radical (unpaired) electrons. The van der Waals surface area contributed by atoms with Gasteiger partial charge >= 0.3 is 5.97 Å². The highest BCUT2D eigenvalue weighted by Gasteiger charge is 2.09. The fourth-order valence-electron chi connectivity index (χ4n) is 3.52. The molecule has 2 N–H and O–H groups in total. The maximum absolute atomic E-state index is 12.4. The first-order valence-electron chi connectivity index (χ1n) is 11.3. The van der Waals surface area contributed by atoms with Crippen LogP contribution in [0.5, 0.6) is 11.5 Å². The van der Waals surface area contributed by atoms with Gasteiger partial charge in [0.05, 0.1) is 12.1 Å². The predicted octanol–water partition coefficient (Wildman–Crippen LogP) is 5.22. The average molecular weight is 496 g/mol. The largest absolute Gasteiger partial charge is 0.478 e. The zero-order valence-electron chi connectivity index (χ0n) is 19.9. The zero-order chi connectivity index (χ0) is 25.2. The average Bonchev–Trinajstić information content (AvgIpc) is 2.82.